The molecule has 5 heteroatoms. The molecule has 0 aliphatic carbocycles. The Morgan fingerprint density at radius 1 is 1.00 bits per heavy atom. The van der Waals surface area contributed by atoms with Crippen LogP contribution in [0.1, 0.15) is 16.7 Å². The minimum atomic E-state index is 0.406. The van der Waals surface area contributed by atoms with Crippen LogP contribution in [0.4, 0.5) is 5.82 Å². The number of aromatic nitrogens is 2. The summed E-state index contributed by atoms with van der Waals surface area (Å²) in [6.45, 7) is 6.09. The number of anilines is 1. The fraction of sp³-hybridized carbons (Fsp3) is 0.333. The lowest BCUT2D eigenvalue weighted by atomic mass is 10.1. The Hall–Kier alpha value is -2.30. The van der Waals surface area contributed by atoms with Crippen molar-refractivity contribution in [3.8, 4) is 17.4 Å². The van der Waals surface area contributed by atoms with Crippen molar-refractivity contribution in [3.63, 3.8) is 0 Å². The normalized spacial score (nSPS) is 10.2. The predicted molar refractivity (Wildman–Crippen MR) is 78.9 cm³/mol. The van der Waals surface area contributed by atoms with Gasteiger partial charge >= 0.3 is 0 Å². The molecule has 1 aromatic carbocycles. The molecule has 1 N–H and O–H groups in total. The van der Waals surface area contributed by atoms with E-state index < -0.39 is 0 Å². The van der Waals surface area contributed by atoms with Crippen LogP contribution in [0.15, 0.2) is 18.5 Å². The van der Waals surface area contributed by atoms with Crippen molar-refractivity contribution in [2.75, 3.05) is 19.5 Å². The van der Waals surface area contributed by atoms with Crippen molar-refractivity contribution >= 4 is 5.82 Å². The van der Waals surface area contributed by atoms with Gasteiger partial charge in [0.1, 0.15) is 12.1 Å². The van der Waals surface area contributed by atoms with Crippen LogP contribution in [0.25, 0.3) is 0 Å². The highest BCUT2D eigenvalue weighted by Crippen LogP contribution is 2.37. The van der Waals surface area contributed by atoms with Gasteiger partial charge in [0, 0.05) is 7.05 Å². The predicted octanol–water partition coefficient (Wildman–Crippen LogP) is 3.24. The Labute approximate surface area is 119 Å². The minimum absolute atomic E-state index is 0.406. The van der Waals surface area contributed by atoms with E-state index in [1.165, 1.54) is 11.9 Å². The Bertz CT molecular complexity index is 627. The third kappa shape index (κ3) is 2.52. The monoisotopic (exact) mass is 273 g/mol. The van der Waals surface area contributed by atoms with E-state index in [1.807, 2.05) is 19.9 Å². The number of rotatable bonds is 4. The summed E-state index contributed by atoms with van der Waals surface area (Å²) in [5.74, 6) is 2.31. The van der Waals surface area contributed by atoms with Crippen LogP contribution in [0.3, 0.4) is 0 Å². The van der Waals surface area contributed by atoms with Gasteiger partial charge in [-0.2, -0.15) is 4.98 Å². The first-order valence-electron chi connectivity index (χ1n) is 6.39. The van der Waals surface area contributed by atoms with Crippen molar-refractivity contribution in [2.45, 2.75) is 20.8 Å². The molecule has 0 fully saturated rings. The fourth-order valence-corrected chi connectivity index (χ4v) is 1.97. The van der Waals surface area contributed by atoms with Crippen molar-refractivity contribution in [2.24, 2.45) is 0 Å². The zero-order chi connectivity index (χ0) is 14.7. The highest BCUT2D eigenvalue weighted by Gasteiger charge is 2.16. The Balaban J connectivity index is 2.48. The zero-order valence-electron chi connectivity index (χ0n) is 12.4. The first-order chi connectivity index (χ1) is 9.58. The molecule has 0 saturated heterocycles. The van der Waals surface area contributed by atoms with Crippen LogP contribution in [0.2, 0.25) is 0 Å². The molecule has 20 heavy (non-hydrogen) atoms. The maximum absolute atomic E-state index is 5.97. The number of benzene rings is 1. The van der Waals surface area contributed by atoms with Crippen LogP contribution in [-0.4, -0.2) is 24.1 Å². The van der Waals surface area contributed by atoms with Gasteiger partial charge in [0.05, 0.1) is 7.11 Å². The number of nitrogens with one attached hydrogen (secondary N) is 1. The molecule has 0 amide bonds. The second-order valence-corrected chi connectivity index (χ2v) is 4.57. The van der Waals surface area contributed by atoms with Gasteiger partial charge in [0.25, 0.3) is 5.88 Å². The molecule has 1 aromatic heterocycles. The third-order valence-electron chi connectivity index (χ3n) is 3.28. The molecular weight excluding hydrogens is 254 g/mol. The number of aryl methyl sites for hydroxylation is 2. The summed E-state index contributed by atoms with van der Waals surface area (Å²) in [6, 6.07) is 4.11. The molecule has 0 unspecified atom stereocenters. The molecular formula is C15H19N3O2. The highest BCUT2D eigenvalue weighted by atomic mass is 16.5. The first kappa shape index (κ1) is 14.1. The number of hydrogen-bond donors (Lipinski definition) is 1. The number of hydrogen-bond acceptors (Lipinski definition) is 5. The smallest absolute Gasteiger partial charge is 0.268 e. The van der Waals surface area contributed by atoms with Crippen molar-refractivity contribution < 1.29 is 9.47 Å². The number of ether oxygens (including phenoxy) is 2. The van der Waals surface area contributed by atoms with E-state index in [-0.39, 0.29) is 0 Å². The van der Waals surface area contributed by atoms with Gasteiger partial charge in [0.15, 0.2) is 5.82 Å². The molecule has 2 aromatic rings. The summed E-state index contributed by atoms with van der Waals surface area (Å²) < 4.78 is 11.3. The van der Waals surface area contributed by atoms with Gasteiger partial charge in [-0.15, -0.1) is 0 Å². The van der Waals surface area contributed by atoms with Crippen LogP contribution < -0.4 is 14.8 Å². The molecule has 0 aliphatic heterocycles. The highest BCUT2D eigenvalue weighted by molar-refractivity contribution is 5.56. The summed E-state index contributed by atoms with van der Waals surface area (Å²) >= 11 is 0. The molecule has 0 saturated carbocycles. The summed E-state index contributed by atoms with van der Waals surface area (Å²) in [5.41, 5.74) is 3.32. The lowest BCUT2D eigenvalue weighted by molar-refractivity contribution is 0.367. The standard InChI is InChI=1S/C15H19N3O2/c1-9-6-7-10(2)12(11(9)3)20-15-13(19-5)14(16-4)17-8-18-15/h6-8H,1-5H3,(H,16,17,18). The van der Waals surface area contributed by atoms with E-state index >= 15 is 0 Å². The first-order valence-corrected chi connectivity index (χ1v) is 6.39. The van der Waals surface area contributed by atoms with E-state index in [1.54, 1.807) is 14.2 Å². The van der Waals surface area contributed by atoms with E-state index in [0.29, 0.717) is 17.4 Å². The lowest BCUT2D eigenvalue weighted by Gasteiger charge is -2.15. The summed E-state index contributed by atoms with van der Waals surface area (Å²) in [6.07, 6.45) is 1.45. The molecule has 1 heterocycles. The Morgan fingerprint density at radius 3 is 2.35 bits per heavy atom. The fourth-order valence-electron chi connectivity index (χ4n) is 1.97. The van der Waals surface area contributed by atoms with E-state index in [9.17, 15) is 0 Å². The summed E-state index contributed by atoms with van der Waals surface area (Å²) in [7, 11) is 3.35. The topological polar surface area (TPSA) is 56.3 Å². The van der Waals surface area contributed by atoms with Crippen LogP contribution in [0.5, 0.6) is 17.4 Å². The van der Waals surface area contributed by atoms with Crippen molar-refractivity contribution in [1.82, 2.24) is 9.97 Å². The van der Waals surface area contributed by atoms with Gasteiger partial charge in [-0.1, -0.05) is 12.1 Å². The van der Waals surface area contributed by atoms with Crippen LogP contribution >= 0.6 is 0 Å². The quantitative estimate of drug-likeness (QED) is 0.926. The average Bonchev–Trinajstić information content (AvgIpc) is 2.47. The maximum Gasteiger partial charge on any atom is 0.268 e. The summed E-state index contributed by atoms with van der Waals surface area (Å²) in [4.78, 5) is 8.27. The molecule has 0 spiro atoms. The van der Waals surface area contributed by atoms with Crippen molar-refractivity contribution in [3.05, 3.63) is 35.2 Å². The molecule has 0 radical (unpaired) electrons. The molecule has 106 valence electrons. The molecule has 0 bridgehead atoms. The SMILES string of the molecule is CNc1ncnc(Oc2c(C)ccc(C)c2C)c1OC. The van der Waals surface area contributed by atoms with E-state index in [4.69, 9.17) is 9.47 Å². The lowest BCUT2D eigenvalue weighted by Crippen LogP contribution is -2.02. The average molecular weight is 273 g/mol. The number of nitrogens with zero attached hydrogens (tertiary/aromatic N) is 2. The molecule has 0 atom stereocenters. The maximum atomic E-state index is 5.97. The van der Waals surface area contributed by atoms with Crippen molar-refractivity contribution in [1.29, 1.82) is 0 Å². The van der Waals surface area contributed by atoms with E-state index in [2.05, 4.69) is 28.3 Å². The zero-order valence-corrected chi connectivity index (χ0v) is 12.4. The largest absolute Gasteiger partial charge is 0.489 e. The summed E-state index contributed by atoms with van der Waals surface area (Å²) in [5, 5.41) is 2.96. The van der Waals surface area contributed by atoms with Crippen LogP contribution in [0, 0.1) is 20.8 Å². The van der Waals surface area contributed by atoms with Gasteiger partial charge in [-0.25, -0.2) is 4.98 Å². The molecule has 0 aliphatic rings. The van der Waals surface area contributed by atoms with Gasteiger partial charge in [-0.3, -0.25) is 0 Å². The van der Waals surface area contributed by atoms with Gasteiger partial charge in [0.2, 0.25) is 5.75 Å². The molecule has 2 rings (SSSR count). The van der Waals surface area contributed by atoms with E-state index in [0.717, 1.165) is 16.9 Å². The van der Waals surface area contributed by atoms with Gasteiger partial charge < -0.3 is 14.8 Å². The Morgan fingerprint density at radius 2 is 1.70 bits per heavy atom. The second-order valence-electron chi connectivity index (χ2n) is 4.57. The molecule has 5 nitrogen and oxygen atoms in total. The third-order valence-corrected chi connectivity index (χ3v) is 3.28. The van der Waals surface area contributed by atoms with Gasteiger partial charge in [-0.05, 0) is 37.5 Å². The second kappa shape index (κ2) is 5.77. The van der Waals surface area contributed by atoms with Crippen LogP contribution in [-0.2, 0) is 0 Å². The minimum Gasteiger partial charge on any atom is -0.489 e. The Kier molecular flexibility index (Phi) is 4.08. The number of methoxy groups -OCH3 is 1.